The first-order valence-electron chi connectivity index (χ1n) is 4.42. The summed E-state index contributed by atoms with van der Waals surface area (Å²) in [6.07, 6.45) is 0. The van der Waals surface area contributed by atoms with E-state index >= 15 is 0 Å². The summed E-state index contributed by atoms with van der Waals surface area (Å²) in [6.45, 7) is 1.91. The van der Waals surface area contributed by atoms with Crippen LogP contribution in [0.2, 0.25) is 0 Å². The zero-order valence-electron chi connectivity index (χ0n) is 8.27. The average molecular weight is 299 g/mol. The van der Waals surface area contributed by atoms with Crippen LogP contribution in [-0.2, 0) is 0 Å². The van der Waals surface area contributed by atoms with Gasteiger partial charge in [0.05, 0.1) is 11.7 Å². The second-order valence-corrected chi connectivity index (χ2v) is 4.67. The summed E-state index contributed by atoms with van der Waals surface area (Å²) in [5.41, 5.74) is 2.20. The number of aryl methyl sites for hydroxylation is 1. The molecule has 0 saturated heterocycles. The van der Waals surface area contributed by atoms with Gasteiger partial charge in [-0.15, -0.1) is 0 Å². The fraction of sp³-hybridized carbons (Fsp3) is 0.100. The van der Waals surface area contributed by atoms with Crippen LogP contribution in [0.5, 0.6) is 0 Å². The minimum Gasteiger partial charge on any atom is -0.476 e. The summed E-state index contributed by atoms with van der Waals surface area (Å²) < 4.78 is 8.70. The van der Waals surface area contributed by atoms with Crippen LogP contribution in [0.1, 0.15) is 16.1 Å². The summed E-state index contributed by atoms with van der Waals surface area (Å²) in [7, 11) is 0. The molecule has 0 spiro atoms. The largest absolute Gasteiger partial charge is 0.476 e. The Morgan fingerprint density at radius 1 is 1.44 bits per heavy atom. The Hall–Kier alpha value is -1.27. The van der Waals surface area contributed by atoms with Crippen LogP contribution in [0.4, 0.5) is 0 Å². The van der Waals surface area contributed by atoms with Crippen LogP contribution in [0.3, 0.4) is 0 Å². The normalized spacial score (nSPS) is 10.4. The van der Waals surface area contributed by atoms with Gasteiger partial charge in [-0.1, -0.05) is 22.0 Å². The lowest BCUT2D eigenvalue weighted by molar-refractivity contribution is 0.0692. The highest BCUT2D eigenvalue weighted by Gasteiger charge is 2.18. The Morgan fingerprint density at radius 3 is 2.88 bits per heavy atom. The van der Waals surface area contributed by atoms with Gasteiger partial charge in [-0.05, 0) is 24.6 Å². The number of benzene rings is 1. The molecule has 0 aliphatic carbocycles. The minimum atomic E-state index is -1.05. The smallest absolute Gasteiger partial charge is 0.357 e. The van der Waals surface area contributed by atoms with E-state index in [4.69, 9.17) is 5.11 Å². The lowest BCUT2D eigenvalue weighted by Gasteiger charge is -2.03. The third-order valence-corrected chi connectivity index (χ3v) is 3.17. The number of nitrogens with zero attached hydrogens (tertiary/aromatic N) is 2. The van der Waals surface area contributed by atoms with E-state index in [2.05, 4.69) is 24.7 Å². The van der Waals surface area contributed by atoms with Crippen LogP contribution < -0.4 is 0 Å². The predicted molar refractivity (Wildman–Crippen MR) is 64.7 cm³/mol. The van der Waals surface area contributed by atoms with Gasteiger partial charge in [-0.2, -0.15) is 8.75 Å². The lowest BCUT2D eigenvalue weighted by Crippen LogP contribution is -1.99. The van der Waals surface area contributed by atoms with Gasteiger partial charge in [0.2, 0.25) is 0 Å². The molecule has 1 aromatic heterocycles. The van der Waals surface area contributed by atoms with Crippen LogP contribution in [0.15, 0.2) is 22.7 Å². The van der Waals surface area contributed by atoms with Crippen LogP contribution >= 0.6 is 27.7 Å². The van der Waals surface area contributed by atoms with Gasteiger partial charge in [-0.25, -0.2) is 4.79 Å². The maximum atomic E-state index is 10.9. The molecule has 1 N–H and O–H groups in total. The summed E-state index contributed by atoms with van der Waals surface area (Å²) >= 11 is 4.26. The molecule has 0 aliphatic heterocycles. The highest BCUT2D eigenvalue weighted by Crippen LogP contribution is 2.28. The van der Waals surface area contributed by atoms with Crippen molar-refractivity contribution in [1.82, 2.24) is 8.75 Å². The lowest BCUT2D eigenvalue weighted by atomic mass is 10.0. The summed E-state index contributed by atoms with van der Waals surface area (Å²) in [5.74, 6) is -1.05. The van der Waals surface area contributed by atoms with Crippen molar-refractivity contribution >= 4 is 33.6 Å². The highest BCUT2D eigenvalue weighted by molar-refractivity contribution is 9.10. The summed E-state index contributed by atoms with van der Waals surface area (Å²) in [6, 6.07) is 5.65. The number of hydrogen-bond donors (Lipinski definition) is 1. The molecule has 16 heavy (non-hydrogen) atoms. The average Bonchev–Trinajstić information content (AvgIpc) is 2.70. The topological polar surface area (TPSA) is 63.1 Å². The monoisotopic (exact) mass is 298 g/mol. The van der Waals surface area contributed by atoms with E-state index in [1.165, 1.54) is 0 Å². The molecule has 4 nitrogen and oxygen atoms in total. The summed E-state index contributed by atoms with van der Waals surface area (Å²) in [4.78, 5) is 10.9. The van der Waals surface area contributed by atoms with Crippen molar-refractivity contribution in [2.24, 2.45) is 0 Å². The Balaban J connectivity index is 2.62. The standard InChI is InChI=1S/C10H7BrN2O2S/c1-5-2-3-6(11)4-7(5)8-9(10(14)15)13-16-12-8/h2-4H,1H3,(H,14,15). The number of halogens is 1. The maximum absolute atomic E-state index is 10.9. The molecule has 2 rings (SSSR count). The van der Waals surface area contributed by atoms with Crippen LogP contribution in [0.25, 0.3) is 11.3 Å². The van der Waals surface area contributed by atoms with Crippen LogP contribution in [-0.4, -0.2) is 19.8 Å². The molecule has 1 aromatic carbocycles. The molecule has 0 bridgehead atoms. The van der Waals surface area contributed by atoms with Crippen molar-refractivity contribution in [3.63, 3.8) is 0 Å². The molecule has 0 amide bonds. The first-order chi connectivity index (χ1) is 7.59. The molecule has 0 saturated carbocycles. The van der Waals surface area contributed by atoms with E-state index in [0.29, 0.717) is 5.69 Å². The van der Waals surface area contributed by atoms with Crippen molar-refractivity contribution in [3.8, 4) is 11.3 Å². The fourth-order valence-corrected chi connectivity index (χ4v) is 2.27. The van der Waals surface area contributed by atoms with Gasteiger partial charge in [-0.3, -0.25) is 0 Å². The van der Waals surface area contributed by atoms with E-state index in [0.717, 1.165) is 27.3 Å². The predicted octanol–water partition coefficient (Wildman–Crippen LogP) is 2.97. The number of carboxylic acids is 1. The molecule has 1 heterocycles. The number of carbonyl (C=O) groups is 1. The van der Waals surface area contributed by atoms with Crippen molar-refractivity contribution in [2.45, 2.75) is 6.92 Å². The first kappa shape index (κ1) is 11.2. The van der Waals surface area contributed by atoms with Crippen molar-refractivity contribution in [1.29, 1.82) is 0 Å². The second-order valence-electron chi connectivity index (χ2n) is 3.23. The second kappa shape index (κ2) is 4.31. The quantitative estimate of drug-likeness (QED) is 0.926. The number of hydrogen-bond acceptors (Lipinski definition) is 4. The summed E-state index contributed by atoms with van der Waals surface area (Å²) in [5, 5.41) is 8.97. The van der Waals surface area contributed by atoms with E-state index in [-0.39, 0.29) is 5.69 Å². The molecular formula is C10H7BrN2O2S. The molecule has 0 fully saturated rings. The van der Waals surface area contributed by atoms with Gasteiger partial charge in [0, 0.05) is 10.0 Å². The molecule has 0 radical (unpaired) electrons. The van der Waals surface area contributed by atoms with Gasteiger partial charge in [0.15, 0.2) is 5.69 Å². The zero-order valence-corrected chi connectivity index (χ0v) is 10.7. The Labute approximate surface area is 104 Å². The van der Waals surface area contributed by atoms with Crippen molar-refractivity contribution in [2.75, 3.05) is 0 Å². The molecular weight excluding hydrogens is 292 g/mol. The molecule has 6 heteroatoms. The number of rotatable bonds is 2. The van der Waals surface area contributed by atoms with Gasteiger partial charge in [0.1, 0.15) is 5.69 Å². The molecule has 0 atom stereocenters. The SMILES string of the molecule is Cc1ccc(Br)cc1-c1nsnc1C(=O)O. The third-order valence-electron chi connectivity index (χ3n) is 2.15. The Kier molecular flexibility index (Phi) is 3.02. The molecule has 82 valence electrons. The van der Waals surface area contributed by atoms with E-state index in [9.17, 15) is 4.79 Å². The Bertz CT molecular complexity index is 554. The minimum absolute atomic E-state index is 0.00574. The molecule has 2 aromatic rings. The van der Waals surface area contributed by atoms with Crippen molar-refractivity contribution in [3.05, 3.63) is 33.9 Å². The fourth-order valence-electron chi connectivity index (χ4n) is 1.35. The first-order valence-corrected chi connectivity index (χ1v) is 5.94. The Morgan fingerprint density at radius 2 is 2.19 bits per heavy atom. The van der Waals surface area contributed by atoms with Crippen LogP contribution in [0, 0.1) is 6.92 Å². The van der Waals surface area contributed by atoms with E-state index in [1.807, 2.05) is 25.1 Å². The third kappa shape index (κ3) is 1.98. The number of carboxylic acid groups (broad SMARTS) is 1. The van der Waals surface area contributed by atoms with Crippen molar-refractivity contribution < 1.29 is 9.90 Å². The van der Waals surface area contributed by atoms with Gasteiger partial charge in [0.25, 0.3) is 0 Å². The van der Waals surface area contributed by atoms with Gasteiger partial charge < -0.3 is 5.11 Å². The van der Waals surface area contributed by atoms with E-state index < -0.39 is 5.97 Å². The van der Waals surface area contributed by atoms with Gasteiger partial charge >= 0.3 is 5.97 Å². The molecule has 0 aliphatic rings. The zero-order chi connectivity index (χ0) is 11.7. The molecule has 0 unspecified atom stereocenters. The number of aromatic carboxylic acids is 1. The maximum Gasteiger partial charge on any atom is 0.357 e. The number of aromatic nitrogens is 2. The highest BCUT2D eigenvalue weighted by atomic mass is 79.9. The van der Waals surface area contributed by atoms with E-state index in [1.54, 1.807) is 0 Å².